The number of hydrogen-bond donors (Lipinski definition) is 0. The Labute approximate surface area is 153 Å². The fourth-order valence-electron chi connectivity index (χ4n) is 2.68. The van der Waals surface area contributed by atoms with Crippen LogP contribution < -0.4 is 4.74 Å². The fourth-order valence-corrected chi connectivity index (χ4v) is 3.88. The highest BCUT2D eigenvalue weighted by Crippen LogP contribution is 2.37. The Morgan fingerprint density at radius 3 is 2.60 bits per heavy atom. The fraction of sp³-hybridized carbons (Fsp3) is 0.526. The number of ether oxygens (including phenoxy) is 4. The molecule has 0 bridgehead atoms. The lowest BCUT2D eigenvalue weighted by Gasteiger charge is -2.27. The van der Waals surface area contributed by atoms with Gasteiger partial charge in [-0.2, -0.15) is 0 Å². The highest BCUT2D eigenvalue weighted by atomic mass is 32.2. The van der Waals surface area contributed by atoms with E-state index in [2.05, 4.69) is 6.58 Å². The minimum absolute atomic E-state index is 0.229. The van der Waals surface area contributed by atoms with Gasteiger partial charge < -0.3 is 18.9 Å². The summed E-state index contributed by atoms with van der Waals surface area (Å²) < 4.78 is 22.1. The van der Waals surface area contributed by atoms with E-state index in [1.165, 1.54) is 11.8 Å². The zero-order valence-corrected chi connectivity index (χ0v) is 16.0. The number of hydrogen-bond acceptors (Lipinski definition) is 6. The van der Waals surface area contributed by atoms with Crippen LogP contribution in [0.15, 0.2) is 41.8 Å². The molecule has 2 unspecified atom stereocenters. The van der Waals surface area contributed by atoms with E-state index < -0.39 is 11.0 Å². The highest BCUT2D eigenvalue weighted by Gasteiger charge is 2.42. The molecular formula is C19H26O5S. The van der Waals surface area contributed by atoms with Crippen LogP contribution in [0.25, 0.3) is 0 Å². The molecule has 0 spiro atoms. The first-order chi connectivity index (χ1) is 11.9. The first-order valence-electron chi connectivity index (χ1n) is 8.32. The molecule has 5 nitrogen and oxygen atoms in total. The smallest absolute Gasteiger partial charge is 0.320 e. The second-order valence-electron chi connectivity index (χ2n) is 6.15. The minimum Gasteiger partial charge on any atom is -0.497 e. The molecule has 0 aliphatic carbocycles. The number of rotatable bonds is 8. The predicted molar refractivity (Wildman–Crippen MR) is 97.9 cm³/mol. The Balaban J connectivity index is 2.20. The Hall–Kier alpha value is -1.50. The highest BCUT2D eigenvalue weighted by molar-refractivity contribution is 8.00. The van der Waals surface area contributed by atoms with Gasteiger partial charge in [-0.3, -0.25) is 4.79 Å². The third-order valence-electron chi connectivity index (χ3n) is 3.92. The zero-order chi connectivity index (χ0) is 18.4. The van der Waals surface area contributed by atoms with Crippen molar-refractivity contribution in [1.29, 1.82) is 0 Å². The average molecular weight is 366 g/mol. The van der Waals surface area contributed by atoms with Crippen LogP contribution in [0.3, 0.4) is 0 Å². The second-order valence-corrected chi connectivity index (χ2v) is 7.36. The van der Waals surface area contributed by atoms with Crippen LogP contribution in [0, 0.1) is 5.92 Å². The Morgan fingerprint density at radius 2 is 2.12 bits per heavy atom. The number of methoxy groups -OCH3 is 1. The minimum atomic E-state index is -0.657. The molecule has 0 saturated carbocycles. The Bertz CT molecular complexity index is 584. The van der Waals surface area contributed by atoms with Crippen molar-refractivity contribution in [3.63, 3.8) is 0 Å². The van der Waals surface area contributed by atoms with Gasteiger partial charge in [-0.1, -0.05) is 6.08 Å². The van der Waals surface area contributed by atoms with Crippen LogP contribution in [-0.2, 0) is 19.0 Å². The summed E-state index contributed by atoms with van der Waals surface area (Å²) >= 11 is 1.44. The molecule has 0 aromatic heterocycles. The second kappa shape index (κ2) is 8.74. The van der Waals surface area contributed by atoms with Crippen LogP contribution in [-0.4, -0.2) is 43.4 Å². The van der Waals surface area contributed by atoms with E-state index in [1.54, 1.807) is 20.1 Å². The van der Waals surface area contributed by atoms with Gasteiger partial charge in [-0.25, -0.2) is 0 Å². The first kappa shape index (κ1) is 19.8. The van der Waals surface area contributed by atoms with Crippen molar-refractivity contribution >= 4 is 17.7 Å². The van der Waals surface area contributed by atoms with Gasteiger partial charge in [0.1, 0.15) is 11.0 Å². The van der Waals surface area contributed by atoms with Gasteiger partial charge in [0, 0.05) is 10.8 Å². The predicted octanol–water partition coefficient (Wildman–Crippen LogP) is 3.67. The number of esters is 1. The summed E-state index contributed by atoms with van der Waals surface area (Å²) in [6, 6.07) is 7.58. The summed E-state index contributed by atoms with van der Waals surface area (Å²) in [6.45, 7) is 10.2. The van der Waals surface area contributed by atoms with Crippen molar-refractivity contribution in [3.05, 3.63) is 36.9 Å². The number of carbonyl (C=O) groups is 1. The standard InChI is InChI=1S/C19H26O5S/c1-6-15(16-12-23-19(3,4)24-16)17(18(20)22-7-2)25-14-10-8-13(21-5)9-11-14/h6,8-11,15-17H,1,7,12H2,2-5H3/t15?,16-,17?/m1/s1. The quantitative estimate of drug-likeness (QED) is 0.397. The number of thioether (sulfide) groups is 1. The van der Waals surface area contributed by atoms with Crippen molar-refractivity contribution in [2.75, 3.05) is 20.3 Å². The molecule has 3 atom stereocenters. The topological polar surface area (TPSA) is 54.0 Å². The molecule has 0 N–H and O–H groups in total. The van der Waals surface area contributed by atoms with E-state index in [0.717, 1.165) is 10.6 Å². The average Bonchev–Trinajstić information content (AvgIpc) is 2.95. The van der Waals surface area contributed by atoms with Gasteiger partial charge >= 0.3 is 5.97 Å². The molecule has 1 aromatic rings. The lowest BCUT2D eigenvalue weighted by Crippen LogP contribution is -2.37. The summed E-state index contributed by atoms with van der Waals surface area (Å²) in [6.07, 6.45) is 1.51. The Kier molecular flexibility index (Phi) is 6.93. The van der Waals surface area contributed by atoms with Crippen molar-refractivity contribution < 1.29 is 23.7 Å². The molecule has 138 valence electrons. The van der Waals surface area contributed by atoms with Crippen LogP contribution in [0.1, 0.15) is 20.8 Å². The summed E-state index contributed by atoms with van der Waals surface area (Å²) in [7, 11) is 1.62. The van der Waals surface area contributed by atoms with Crippen LogP contribution >= 0.6 is 11.8 Å². The van der Waals surface area contributed by atoms with E-state index in [1.807, 2.05) is 38.1 Å². The maximum Gasteiger partial charge on any atom is 0.320 e. The monoisotopic (exact) mass is 366 g/mol. The SMILES string of the molecule is C=CC(C(Sc1ccc(OC)cc1)C(=O)OCC)[C@H]1COC(C)(C)O1. The van der Waals surface area contributed by atoms with E-state index >= 15 is 0 Å². The first-order valence-corrected chi connectivity index (χ1v) is 9.20. The van der Waals surface area contributed by atoms with E-state index in [-0.39, 0.29) is 18.0 Å². The van der Waals surface area contributed by atoms with Gasteiger partial charge in [-0.05, 0) is 45.0 Å². The van der Waals surface area contributed by atoms with Crippen LogP contribution in [0.2, 0.25) is 0 Å². The van der Waals surface area contributed by atoms with Gasteiger partial charge in [-0.15, -0.1) is 18.3 Å². The van der Waals surface area contributed by atoms with E-state index in [0.29, 0.717) is 13.2 Å². The largest absolute Gasteiger partial charge is 0.497 e. The molecule has 0 radical (unpaired) electrons. The summed E-state index contributed by atoms with van der Waals surface area (Å²) in [4.78, 5) is 13.5. The molecular weight excluding hydrogens is 340 g/mol. The molecule has 1 aromatic carbocycles. The third kappa shape index (κ3) is 5.23. The maximum absolute atomic E-state index is 12.6. The van der Waals surface area contributed by atoms with Crippen molar-refractivity contribution in [1.82, 2.24) is 0 Å². The molecule has 25 heavy (non-hydrogen) atoms. The number of benzene rings is 1. The lowest BCUT2D eigenvalue weighted by atomic mass is 9.98. The maximum atomic E-state index is 12.6. The van der Waals surface area contributed by atoms with Crippen molar-refractivity contribution in [3.8, 4) is 5.75 Å². The van der Waals surface area contributed by atoms with Gasteiger partial charge in [0.25, 0.3) is 0 Å². The van der Waals surface area contributed by atoms with Crippen molar-refractivity contribution in [2.45, 2.75) is 42.8 Å². The van der Waals surface area contributed by atoms with Crippen LogP contribution in [0.5, 0.6) is 5.75 Å². The summed E-state index contributed by atoms with van der Waals surface area (Å²) in [5.74, 6) is -0.392. The zero-order valence-electron chi connectivity index (χ0n) is 15.2. The summed E-state index contributed by atoms with van der Waals surface area (Å²) in [5.41, 5.74) is 0. The van der Waals surface area contributed by atoms with Gasteiger partial charge in [0.2, 0.25) is 0 Å². The number of carbonyl (C=O) groups excluding carboxylic acids is 1. The Morgan fingerprint density at radius 1 is 1.44 bits per heavy atom. The van der Waals surface area contributed by atoms with Crippen LogP contribution in [0.4, 0.5) is 0 Å². The van der Waals surface area contributed by atoms with E-state index in [9.17, 15) is 4.79 Å². The summed E-state index contributed by atoms with van der Waals surface area (Å²) in [5, 5.41) is -0.464. The van der Waals surface area contributed by atoms with Gasteiger partial charge in [0.15, 0.2) is 5.79 Å². The molecule has 1 aliphatic heterocycles. The lowest BCUT2D eigenvalue weighted by molar-refractivity contribution is -0.150. The molecule has 1 heterocycles. The third-order valence-corrected chi connectivity index (χ3v) is 5.23. The van der Waals surface area contributed by atoms with E-state index in [4.69, 9.17) is 18.9 Å². The van der Waals surface area contributed by atoms with Crippen molar-refractivity contribution in [2.24, 2.45) is 5.92 Å². The normalized spacial score (nSPS) is 21.4. The molecule has 6 heteroatoms. The molecule has 1 aliphatic rings. The molecule has 1 fully saturated rings. The molecule has 0 amide bonds. The molecule has 2 rings (SSSR count). The van der Waals surface area contributed by atoms with Gasteiger partial charge in [0.05, 0.1) is 26.4 Å². The molecule has 1 saturated heterocycles.